The van der Waals surface area contributed by atoms with E-state index < -0.39 is 34.1 Å². The van der Waals surface area contributed by atoms with Gasteiger partial charge in [0.2, 0.25) is 0 Å². The number of ether oxygens (including phenoxy) is 1. The number of alkyl halides is 3. The summed E-state index contributed by atoms with van der Waals surface area (Å²) in [5.74, 6) is 0.543. The lowest BCUT2D eigenvalue weighted by Gasteiger charge is -2.45. The molecule has 0 saturated carbocycles. The lowest BCUT2D eigenvalue weighted by Crippen LogP contribution is -2.59. The second-order valence-electron chi connectivity index (χ2n) is 11.3. The first-order valence-electron chi connectivity index (χ1n) is 12.9. The molecule has 3 atom stereocenters. The van der Waals surface area contributed by atoms with Gasteiger partial charge in [0.05, 0.1) is 33.1 Å². The average Bonchev–Trinajstić information content (AvgIpc) is 3.28. The Hall–Kier alpha value is -2.44. The quantitative estimate of drug-likeness (QED) is 0.314. The van der Waals surface area contributed by atoms with Crippen LogP contribution in [0.25, 0.3) is 10.9 Å². The maximum Gasteiger partial charge on any atom is 0.417 e. The van der Waals surface area contributed by atoms with Gasteiger partial charge in [-0.2, -0.15) is 18.2 Å². The van der Waals surface area contributed by atoms with Gasteiger partial charge in [0.15, 0.2) is 0 Å². The van der Waals surface area contributed by atoms with Crippen LogP contribution in [0.1, 0.15) is 51.0 Å². The van der Waals surface area contributed by atoms with Crippen molar-refractivity contribution in [1.29, 1.82) is 0 Å². The lowest BCUT2D eigenvalue weighted by atomic mass is 10.1. The van der Waals surface area contributed by atoms with Crippen LogP contribution in [-0.4, -0.2) is 57.1 Å². The highest BCUT2D eigenvalue weighted by atomic mass is 35.5. The fraction of sp³-hybridized carbons (Fsp3) is 0.519. The number of piperazine rings is 1. The molecule has 4 heterocycles. The van der Waals surface area contributed by atoms with E-state index in [0.717, 1.165) is 10.9 Å². The van der Waals surface area contributed by atoms with Gasteiger partial charge < -0.3 is 9.64 Å². The Bertz CT molecular complexity index is 1490. The maximum atomic E-state index is 14.2. The first-order chi connectivity index (χ1) is 18.7. The Morgan fingerprint density at radius 3 is 2.40 bits per heavy atom. The number of carbonyl (C=O) groups excluding carboxylic acids is 1. The smallest absolute Gasteiger partial charge is 0.417 e. The Morgan fingerprint density at radius 1 is 1.15 bits per heavy atom. The fourth-order valence-corrected chi connectivity index (χ4v) is 8.03. The largest absolute Gasteiger partial charge is 0.444 e. The average molecular weight is 615 g/mol. The van der Waals surface area contributed by atoms with Crippen molar-refractivity contribution in [2.75, 3.05) is 23.7 Å². The Balaban J connectivity index is 1.63. The van der Waals surface area contributed by atoms with E-state index in [2.05, 4.69) is 4.98 Å². The van der Waals surface area contributed by atoms with Crippen LogP contribution in [0.3, 0.4) is 0 Å². The van der Waals surface area contributed by atoms with Crippen molar-refractivity contribution in [2.45, 2.75) is 75.8 Å². The van der Waals surface area contributed by atoms with Crippen LogP contribution in [0, 0.1) is 0 Å². The van der Waals surface area contributed by atoms with Crippen molar-refractivity contribution in [3.05, 3.63) is 49.5 Å². The summed E-state index contributed by atoms with van der Waals surface area (Å²) in [4.78, 5) is 35.5. The number of thiophene rings is 1. The van der Waals surface area contributed by atoms with Gasteiger partial charge >= 0.3 is 18.0 Å². The molecule has 3 aromatic rings. The Labute approximate surface area is 243 Å². The van der Waals surface area contributed by atoms with Crippen LogP contribution < -0.4 is 10.6 Å². The Kier molecular flexibility index (Phi) is 7.58. The number of rotatable bonds is 2. The van der Waals surface area contributed by atoms with Crippen LogP contribution in [0.15, 0.2) is 33.3 Å². The SMILES string of the molecule is C[C@@H]1CN(c2nc(=O)n3c4c(c(Cl)c(C(F)(F)F)cc24)SCC(c2cccs2)C3)C[C@H](C)N1C(=O)OC(C)(C)C. The summed E-state index contributed by atoms with van der Waals surface area (Å²) in [5, 5.41) is 1.75. The number of benzene rings is 1. The summed E-state index contributed by atoms with van der Waals surface area (Å²) in [7, 11) is 0. The van der Waals surface area contributed by atoms with Gasteiger partial charge in [0.25, 0.3) is 0 Å². The van der Waals surface area contributed by atoms with Crippen LogP contribution in [0.4, 0.5) is 23.8 Å². The standard InChI is InChI=1S/C27H30ClF3N4O3S2/c1-14-10-33(11-15(2)35(14)25(37)38-26(3,4)5)23-17-9-18(27(29,30)31)20(28)22-21(17)34(24(36)32-23)12-16(13-40-22)19-7-6-8-39-19/h6-9,14-16H,10-13H2,1-5H3/t14-,15+,16?. The second kappa shape index (κ2) is 10.4. The van der Waals surface area contributed by atoms with E-state index in [4.69, 9.17) is 16.3 Å². The molecule has 1 aromatic carbocycles. The van der Waals surface area contributed by atoms with E-state index in [1.165, 1.54) is 16.3 Å². The molecular weight excluding hydrogens is 585 g/mol. The summed E-state index contributed by atoms with van der Waals surface area (Å²) in [6.07, 6.45) is -5.16. The molecule has 13 heteroatoms. The van der Waals surface area contributed by atoms with E-state index in [9.17, 15) is 22.8 Å². The topological polar surface area (TPSA) is 67.7 Å². The molecule has 2 aliphatic rings. The number of anilines is 1. The molecule has 7 nitrogen and oxygen atoms in total. The van der Waals surface area contributed by atoms with E-state index in [-0.39, 0.29) is 53.7 Å². The number of hydrogen-bond acceptors (Lipinski definition) is 7. The summed E-state index contributed by atoms with van der Waals surface area (Å²) < 4.78 is 49.7. The number of nitrogens with zero attached hydrogens (tertiary/aromatic N) is 4. The van der Waals surface area contributed by atoms with Gasteiger partial charge in [-0.3, -0.25) is 9.47 Å². The first kappa shape index (κ1) is 29.1. The predicted molar refractivity (Wildman–Crippen MR) is 153 cm³/mol. The van der Waals surface area contributed by atoms with Crippen molar-refractivity contribution in [3.8, 4) is 0 Å². The molecule has 2 aromatic heterocycles. The van der Waals surface area contributed by atoms with E-state index in [1.54, 1.807) is 41.9 Å². The molecule has 0 aliphatic carbocycles. The number of thioether (sulfide) groups is 1. The maximum absolute atomic E-state index is 14.2. The molecule has 1 fully saturated rings. The fourth-order valence-electron chi connectivity index (χ4n) is 5.44. The van der Waals surface area contributed by atoms with E-state index >= 15 is 0 Å². The number of aromatic nitrogens is 2. The molecule has 0 radical (unpaired) electrons. The number of halogens is 4. The summed E-state index contributed by atoms with van der Waals surface area (Å²) in [6, 6.07) is 4.20. The molecule has 216 valence electrons. The number of hydrogen-bond donors (Lipinski definition) is 0. The third kappa shape index (κ3) is 5.42. The molecule has 1 amide bonds. The van der Waals surface area contributed by atoms with E-state index in [0.29, 0.717) is 11.3 Å². The molecular formula is C27H30ClF3N4O3S2. The molecule has 0 bridgehead atoms. The molecule has 0 N–H and O–H groups in total. The molecule has 1 unspecified atom stereocenters. The van der Waals surface area contributed by atoms with Crippen molar-refractivity contribution < 1.29 is 22.7 Å². The Morgan fingerprint density at radius 2 is 1.82 bits per heavy atom. The van der Waals surface area contributed by atoms with Crippen LogP contribution in [-0.2, 0) is 17.5 Å². The van der Waals surface area contributed by atoms with Crippen molar-refractivity contribution in [1.82, 2.24) is 14.5 Å². The van der Waals surface area contributed by atoms with Gasteiger partial charge in [-0.15, -0.1) is 23.1 Å². The monoisotopic (exact) mass is 614 g/mol. The minimum Gasteiger partial charge on any atom is -0.444 e. The van der Waals surface area contributed by atoms with Crippen molar-refractivity contribution in [3.63, 3.8) is 0 Å². The third-order valence-corrected chi connectivity index (χ3v) is 9.84. The second-order valence-corrected chi connectivity index (χ2v) is 13.7. The van der Waals surface area contributed by atoms with Gasteiger partial charge in [-0.05, 0) is 52.1 Å². The van der Waals surface area contributed by atoms with Gasteiger partial charge in [-0.1, -0.05) is 17.7 Å². The zero-order chi connectivity index (χ0) is 29.1. The molecule has 0 spiro atoms. The highest BCUT2D eigenvalue weighted by molar-refractivity contribution is 7.99. The van der Waals surface area contributed by atoms with Crippen LogP contribution in [0.5, 0.6) is 0 Å². The van der Waals surface area contributed by atoms with Gasteiger partial charge in [-0.25, -0.2) is 9.59 Å². The number of amides is 1. The highest BCUT2D eigenvalue weighted by Crippen LogP contribution is 2.48. The van der Waals surface area contributed by atoms with Crippen molar-refractivity contribution in [2.24, 2.45) is 0 Å². The normalized spacial score (nSPS) is 22.0. The summed E-state index contributed by atoms with van der Waals surface area (Å²) in [6.45, 7) is 9.86. The van der Waals surface area contributed by atoms with E-state index in [1.807, 2.05) is 31.4 Å². The van der Waals surface area contributed by atoms with Gasteiger partial charge in [0, 0.05) is 41.6 Å². The molecule has 40 heavy (non-hydrogen) atoms. The van der Waals surface area contributed by atoms with Crippen LogP contribution in [0.2, 0.25) is 5.02 Å². The zero-order valence-electron chi connectivity index (χ0n) is 22.7. The lowest BCUT2D eigenvalue weighted by molar-refractivity contribution is -0.137. The minimum absolute atomic E-state index is 0.0891. The molecule has 2 aliphatic heterocycles. The predicted octanol–water partition coefficient (Wildman–Crippen LogP) is 6.85. The molecule has 5 rings (SSSR count). The third-order valence-electron chi connectivity index (χ3n) is 7.04. The molecule has 1 saturated heterocycles. The van der Waals surface area contributed by atoms with Crippen LogP contribution >= 0.6 is 34.7 Å². The van der Waals surface area contributed by atoms with Crippen molar-refractivity contribution >= 4 is 57.5 Å². The summed E-state index contributed by atoms with van der Waals surface area (Å²) >= 11 is 9.20. The minimum atomic E-state index is -4.70. The zero-order valence-corrected chi connectivity index (χ0v) is 25.1. The number of carbonyl (C=O) groups is 1. The summed E-state index contributed by atoms with van der Waals surface area (Å²) in [5.41, 5.74) is -1.81. The first-order valence-corrected chi connectivity index (χ1v) is 15.2. The highest BCUT2D eigenvalue weighted by Gasteiger charge is 2.40. The van der Waals surface area contributed by atoms with Gasteiger partial charge in [0.1, 0.15) is 11.4 Å².